The molecule has 8 aromatic rings. The van der Waals surface area contributed by atoms with Crippen LogP contribution in [-0.2, 0) is 20.1 Å². The zero-order valence-corrected chi connectivity index (χ0v) is 27.4. The number of pyridine rings is 4. The van der Waals surface area contributed by atoms with Crippen LogP contribution >= 0.6 is 0 Å². The van der Waals surface area contributed by atoms with Crippen LogP contribution in [0.3, 0.4) is 0 Å². The van der Waals surface area contributed by atoms with Gasteiger partial charge >= 0.3 is 0 Å². The minimum atomic E-state index is 0. The summed E-state index contributed by atoms with van der Waals surface area (Å²) in [5, 5.41) is 4.30. The molecule has 0 saturated heterocycles. The normalized spacial score (nSPS) is 10.8. The zero-order valence-electron chi connectivity index (χ0n) is 25.0. The molecule has 5 aromatic heterocycles. The molecule has 3 aromatic carbocycles. The van der Waals surface area contributed by atoms with E-state index in [1.807, 2.05) is 87.2 Å². The van der Waals surface area contributed by atoms with E-state index in [1.54, 1.807) is 0 Å². The minimum Gasteiger partial charge on any atom is -0.486 e. The van der Waals surface area contributed by atoms with E-state index < -0.39 is 0 Å². The summed E-state index contributed by atoms with van der Waals surface area (Å²) < 4.78 is 6.14. The summed E-state index contributed by atoms with van der Waals surface area (Å²) in [6, 6.07) is 37.1. The Morgan fingerprint density at radius 2 is 1.58 bits per heavy atom. The van der Waals surface area contributed by atoms with Gasteiger partial charge in [-0.25, -0.2) is 4.98 Å². The van der Waals surface area contributed by atoms with E-state index in [0.717, 1.165) is 66.5 Å². The number of hydrogen-bond donors (Lipinski definition) is 0. The summed E-state index contributed by atoms with van der Waals surface area (Å²) in [5.74, 6) is 0. The van der Waals surface area contributed by atoms with Gasteiger partial charge in [0.1, 0.15) is 0 Å². The molecule has 0 aliphatic carbocycles. The first-order chi connectivity index (χ1) is 21.5. The van der Waals surface area contributed by atoms with Crippen LogP contribution in [0.5, 0.6) is 0 Å². The topological polar surface area (TPSA) is 64.7 Å². The van der Waals surface area contributed by atoms with Crippen LogP contribution in [0.4, 0.5) is 0 Å². The number of benzene rings is 3. The second-order valence-corrected chi connectivity index (χ2v) is 10.8. The van der Waals surface area contributed by atoms with Crippen molar-refractivity contribution in [3.63, 3.8) is 0 Å². The molecule has 0 saturated carbocycles. The Hall–Kier alpha value is -5.03. The molecular formula is C39H28IrN4O-2. The Morgan fingerprint density at radius 3 is 2.40 bits per heavy atom. The maximum Gasteiger partial charge on any atom is 0.216 e. The van der Waals surface area contributed by atoms with Crippen LogP contribution in [0, 0.1) is 32.9 Å². The fraction of sp³-hybridized carbons (Fsp3) is 0.0769. The molecule has 0 spiro atoms. The van der Waals surface area contributed by atoms with Crippen LogP contribution in [-0.4, -0.2) is 19.9 Å². The minimum absolute atomic E-state index is 0. The maximum absolute atomic E-state index is 6.14. The molecule has 221 valence electrons. The molecule has 0 aliphatic heterocycles. The van der Waals surface area contributed by atoms with E-state index in [9.17, 15) is 0 Å². The summed E-state index contributed by atoms with van der Waals surface area (Å²) >= 11 is 0. The van der Waals surface area contributed by atoms with Gasteiger partial charge < -0.3 is 14.4 Å². The third kappa shape index (κ3) is 6.16. The number of aryl methyl sites for hydroxylation is 3. The number of hydrogen-bond acceptors (Lipinski definition) is 5. The molecule has 45 heavy (non-hydrogen) atoms. The first-order valence-electron chi connectivity index (χ1n) is 14.4. The summed E-state index contributed by atoms with van der Waals surface area (Å²) in [4.78, 5) is 17.8. The van der Waals surface area contributed by atoms with Crippen LogP contribution in [0.15, 0.2) is 120 Å². The van der Waals surface area contributed by atoms with Crippen molar-refractivity contribution in [1.82, 2.24) is 19.9 Å². The number of fused-ring (bicyclic) bond motifs is 4. The number of rotatable bonds is 3. The Bertz CT molecular complexity index is 2210. The van der Waals surface area contributed by atoms with Crippen molar-refractivity contribution >= 4 is 32.8 Å². The van der Waals surface area contributed by atoms with Crippen molar-refractivity contribution < 1.29 is 24.5 Å². The molecule has 1 radical (unpaired) electrons. The molecule has 0 aliphatic rings. The third-order valence-electron chi connectivity index (χ3n) is 7.60. The molecule has 0 atom stereocenters. The fourth-order valence-corrected chi connectivity index (χ4v) is 5.29. The van der Waals surface area contributed by atoms with Crippen molar-refractivity contribution in [1.29, 1.82) is 0 Å². The largest absolute Gasteiger partial charge is 0.486 e. The van der Waals surface area contributed by atoms with Gasteiger partial charge in [0, 0.05) is 61.4 Å². The average Bonchev–Trinajstić information content (AvgIpc) is 3.43. The quantitative estimate of drug-likeness (QED) is 0.168. The first-order valence-corrected chi connectivity index (χ1v) is 14.4. The van der Waals surface area contributed by atoms with Crippen molar-refractivity contribution in [3.8, 4) is 33.6 Å². The molecule has 0 amide bonds. The Balaban J connectivity index is 0.000000201. The van der Waals surface area contributed by atoms with Gasteiger partial charge in [-0.2, -0.15) is 0 Å². The Kier molecular flexibility index (Phi) is 8.61. The van der Waals surface area contributed by atoms with E-state index >= 15 is 0 Å². The Morgan fingerprint density at radius 1 is 0.689 bits per heavy atom. The average molecular weight is 761 g/mol. The van der Waals surface area contributed by atoms with Gasteiger partial charge in [-0.05, 0) is 71.6 Å². The maximum atomic E-state index is 6.14. The monoisotopic (exact) mass is 761 g/mol. The summed E-state index contributed by atoms with van der Waals surface area (Å²) in [6.45, 7) is 6.06. The number of nitrogens with zero attached hydrogens (tertiary/aromatic N) is 4. The molecule has 0 bridgehead atoms. The van der Waals surface area contributed by atoms with Crippen LogP contribution in [0.1, 0.15) is 16.8 Å². The SMILES string of the molecule is Cc1c[c-]c(-c2ccc(C)cn2)cc1.Cc1ccc2c(n1)oc1c(-c3cc(-c4cccc5ccncc45)ccn3)[c-]ccc12.[Ir]. The second-order valence-electron chi connectivity index (χ2n) is 10.8. The van der Waals surface area contributed by atoms with Crippen molar-refractivity contribution in [2.24, 2.45) is 0 Å². The molecule has 0 unspecified atom stereocenters. The van der Waals surface area contributed by atoms with Crippen molar-refractivity contribution in [2.75, 3.05) is 0 Å². The van der Waals surface area contributed by atoms with Crippen molar-refractivity contribution in [3.05, 3.63) is 145 Å². The molecule has 5 nitrogen and oxygen atoms in total. The van der Waals surface area contributed by atoms with E-state index in [1.165, 1.54) is 11.1 Å². The van der Waals surface area contributed by atoms with Crippen LogP contribution in [0.25, 0.3) is 66.5 Å². The van der Waals surface area contributed by atoms with Crippen LogP contribution < -0.4 is 0 Å². The van der Waals surface area contributed by atoms with Gasteiger partial charge in [-0.3, -0.25) is 4.98 Å². The summed E-state index contributed by atoms with van der Waals surface area (Å²) in [5.41, 5.74) is 10.6. The summed E-state index contributed by atoms with van der Waals surface area (Å²) in [6.07, 6.45) is 7.43. The van der Waals surface area contributed by atoms with E-state index in [2.05, 4.69) is 81.5 Å². The first kappa shape index (κ1) is 30.0. The predicted octanol–water partition coefficient (Wildman–Crippen LogP) is 9.53. The fourth-order valence-electron chi connectivity index (χ4n) is 5.29. The van der Waals surface area contributed by atoms with Gasteiger partial charge in [0.2, 0.25) is 5.71 Å². The van der Waals surface area contributed by atoms with Gasteiger partial charge in [-0.1, -0.05) is 54.3 Å². The third-order valence-corrected chi connectivity index (χ3v) is 7.60. The standard InChI is InChI=1S/C26H16N3O.C13H12N.Ir/c1-16-8-9-21-20-6-3-7-22(25(20)30-26(21)29-16)24-14-18(11-13-28-24)19-5-2-4-17-10-12-27-15-23(17)19;1-10-3-6-12(7-4-10)13-8-5-11(2)9-14-13;/h2-6,8-15H,1H3;3-6,8-9H,1-2H3;/q2*-1;. The molecule has 0 N–H and O–H groups in total. The number of furan rings is 1. The molecule has 8 rings (SSSR count). The Labute approximate surface area is 275 Å². The zero-order chi connectivity index (χ0) is 30.0. The molecule has 0 fully saturated rings. The molecular weight excluding hydrogens is 733 g/mol. The van der Waals surface area contributed by atoms with E-state index in [4.69, 9.17) is 4.42 Å². The van der Waals surface area contributed by atoms with Gasteiger partial charge in [0.05, 0.1) is 5.58 Å². The molecule has 6 heteroatoms. The van der Waals surface area contributed by atoms with Gasteiger partial charge in [-0.15, -0.1) is 53.6 Å². The van der Waals surface area contributed by atoms with Gasteiger partial charge in [0.25, 0.3) is 0 Å². The number of aromatic nitrogens is 4. The van der Waals surface area contributed by atoms with E-state index in [-0.39, 0.29) is 20.1 Å². The van der Waals surface area contributed by atoms with E-state index in [0.29, 0.717) is 5.71 Å². The second kappa shape index (κ2) is 12.9. The molecule has 5 heterocycles. The van der Waals surface area contributed by atoms with Crippen molar-refractivity contribution in [2.45, 2.75) is 20.8 Å². The summed E-state index contributed by atoms with van der Waals surface area (Å²) in [7, 11) is 0. The predicted molar refractivity (Wildman–Crippen MR) is 177 cm³/mol. The smallest absolute Gasteiger partial charge is 0.216 e. The van der Waals surface area contributed by atoms with Crippen LogP contribution in [0.2, 0.25) is 0 Å². The van der Waals surface area contributed by atoms with Gasteiger partial charge in [0.15, 0.2) is 0 Å².